The Morgan fingerprint density at radius 2 is 1.17 bits per heavy atom. The number of oxazole rings is 1. The largest absolute Gasteiger partial charge is 0.497 e. The summed E-state index contributed by atoms with van der Waals surface area (Å²) < 4.78 is 98.0. The molecule has 114 heavy (non-hydrogen) atoms. The van der Waals surface area contributed by atoms with Gasteiger partial charge in [0.1, 0.15) is 113 Å². The number of nitrogens with one attached hydrogen (secondary N) is 1. The number of halogens is 1. The first-order chi connectivity index (χ1) is 55.9. The predicted molar refractivity (Wildman–Crippen MR) is 437 cm³/mol. The molecule has 0 fully saturated rings. The molecule has 18 rings (SSSR count). The number of hydrogen-bond donors (Lipinski definition) is 1. The molecule has 1 N–H and O–H groups in total. The van der Waals surface area contributed by atoms with Gasteiger partial charge >= 0.3 is 0 Å². The maximum atomic E-state index is 6.81. The van der Waals surface area contributed by atoms with Crippen molar-refractivity contribution in [3.05, 3.63) is 251 Å². The molecule has 15 aromatic rings. The second kappa shape index (κ2) is 32.7. The quantitative estimate of drug-likeness (QED) is 0.0304. The molecule has 0 saturated heterocycles. The molecule has 2 unspecified atom stereocenters. The molecule has 1 aliphatic heterocycles. The highest BCUT2D eigenvalue weighted by Gasteiger charge is 2.28. The van der Waals surface area contributed by atoms with E-state index in [0.29, 0.717) is 146 Å². The van der Waals surface area contributed by atoms with Gasteiger partial charge in [-0.05, 0) is 105 Å². The minimum absolute atomic E-state index is 0.243. The molecular weight excluding hydrogens is 1550 g/mol. The van der Waals surface area contributed by atoms with Crippen LogP contribution in [0.25, 0.3) is 77.2 Å². The fourth-order valence-corrected chi connectivity index (χ4v) is 17.2. The lowest BCUT2D eigenvalue weighted by atomic mass is 10.1. The van der Waals surface area contributed by atoms with Gasteiger partial charge in [0.05, 0.1) is 82.2 Å². The Morgan fingerprint density at radius 3 is 1.92 bits per heavy atom. The maximum Gasteiger partial charge on any atom is 0.292 e. The summed E-state index contributed by atoms with van der Waals surface area (Å²) in [5, 5.41) is 12.0. The summed E-state index contributed by atoms with van der Waals surface area (Å²) in [5.41, 5.74) is 15.4. The number of methoxy groups -OCH3 is 5. The molecule has 578 valence electrons. The van der Waals surface area contributed by atoms with Crippen LogP contribution in [-0.4, -0.2) is 98.6 Å². The highest BCUT2D eigenvalue weighted by Crippen LogP contribution is 2.43. The van der Waals surface area contributed by atoms with Crippen LogP contribution in [0.1, 0.15) is 52.6 Å². The molecule has 9 heterocycles. The first-order valence-corrected chi connectivity index (χ1v) is 40.3. The average molecular weight is 1620 g/mol. The third kappa shape index (κ3) is 16.5. The topological polar surface area (TPSA) is 240 Å². The molecule has 0 bridgehead atoms. The summed E-state index contributed by atoms with van der Waals surface area (Å²) in [6.45, 7) is 2.32. The normalized spacial score (nSPS) is 14.7. The van der Waals surface area contributed by atoms with E-state index >= 15 is 0 Å². The Kier molecular flexibility index (Phi) is 21.1. The summed E-state index contributed by atoms with van der Waals surface area (Å²) in [6.07, 6.45) is 16.0. The minimum atomic E-state index is -0.374. The van der Waals surface area contributed by atoms with E-state index in [4.69, 9.17) is 102 Å². The van der Waals surface area contributed by atoms with Crippen molar-refractivity contribution in [1.82, 2.24) is 38.9 Å². The van der Waals surface area contributed by atoms with Crippen molar-refractivity contribution < 1.29 is 70.1 Å². The van der Waals surface area contributed by atoms with Gasteiger partial charge < -0.3 is 70.1 Å². The number of benzene rings is 7. The van der Waals surface area contributed by atoms with Gasteiger partial charge in [-0.3, -0.25) is 5.43 Å². The molecule has 2 aliphatic carbocycles. The molecule has 3 aliphatic rings. The molecule has 0 spiro atoms. The second-order valence-electron chi connectivity index (χ2n) is 26.9. The smallest absolute Gasteiger partial charge is 0.292 e. The van der Waals surface area contributed by atoms with Gasteiger partial charge in [-0.25, -0.2) is 28.7 Å². The molecule has 7 aromatic carbocycles. The summed E-state index contributed by atoms with van der Waals surface area (Å²) in [4.78, 5) is 16.4. The van der Waals surface area contributed by atoms with Crippen molar-refractivity contribution in [2.24, 2.45) is 0 Å². The Hall–Kier alpha value is -11.9. The number of nitrogens with zero attached hydrogens (tertiary/aromatic N) is 8. The Morgan fingerprint density at radius 1 is 0.518 bits per heavy atom. The van der Waals surface area contributed by atoms with E-state index in [9.17, 15) is 0 Å². The number of imidazole rings is 2. The van der Waals surface area contributed by atoms with Gasteiger partial charge in [0.2, 0.25) is 10.9 Å². The number of rotatable bonds is 32. The molecular formula is C85H72ClN9O15S4. The van der Waals surface area contributed by atoms with Crippen LogP contribution in [0.3, 0.4) is 0 Å². The van der Waals surface area contributed by atoms with Crippen LogP contribution in [0.5, 0.6) is 51.2 Å². The summed E-state index contributed by atoms with van der Waals surface area (Å²) >= 11 is 12.9. The first kappa shape index (κ1) is 73.6. The Labute approximate surface area is 673 Å². The Balaban J connectivity index is 0.450. The summed E-state index contributed by atoms with van der Waals surface area (Å²) in [7, 11) is 8.08. The van der Waals surface area contributed by atoms with Crippen LogP contribution in [0.15, 0.2) is 240 Å². The van der Waals surface area contributed by atoms with Crippen molar-refractivity contribution in [3.63, 3.8) is 0 Å². The van der Waals surface area contributed by atoms with Crippen molar-refractivity contribution >= 4 is 101 Å². The first-order valence-electron chi connectivity index (χ1n) is 36.4. The van der Waals surface area contributed by atoms with Crippen LogP contribution in [-0.2, 0) is 53.0 Å². The van der Waals surface area contributed by atoms with Gasteiger partial charge in [-0.15, -0.1) is 21.8 Å². The van der Waals surface area contributed by atoms with Gasteiger partial charge in [-0.2, -0.15) is 0 Å². The molecule has 0 amide bonds. The van der Waals surface area contributed by atoms with Crippen molar-refractivity contribution in [2.75, 3.05) is 54.2 Å². The van der Waals surface area contributed by atoms with E-state index < -0.39 is 0 Å². The van der Waals surface area contributed by atoms with Gasteiger partial charge in [0.15, 0.2) is 37.7 Å². The van der Waals surface area contributed by atoms with Crippen molar-refractivity contribution in [1.29, 1.82) is 0 Å². The van der Waals surface area contributed by atoms with Gasteiger partial charge in [-0.1, -0.05) is 125 Å². The van der Waals surface area contributed by atoms with Crippen LogP contribution in [0.2, 0.25) is 0 Å². The highest BCUT2D eigenvalue weighted by molar-refractivity contribution is 8.00. The molecule has 2 atom stereocenters. The number of hydrogen-bond acceptors (Lipinski definition) is 25. The van der Waals surface area contributed by atoms with E-state index in [0.717, 1.165) is 99.5 Å². The maximum absolute atomic E-state index is 6.81. The predicted octanol–water partition coefficient (Wildman–Crippen LogP) is 19.6. The van der Waals surface area contributed by atoms with Crippen molar-refractivity contribution in [2.45, 2.75) is 78.5 Å². The van der Waals surface area contributed by atoms with E-state index in [-0.39, 0.29) is 30.8 Å². The fourth-order valence-electron chi connectivity index (χ4n) is 13.4. The molecule has 8 aromatic heterocycles. The van der Waals surface area contributed by atoms with Crippen LogP contribution in [0, 0.1) is 0 Å². The molecule has 24 nitrogen and oxygen atoms in total. The standard InChI is InChI=1S/C85H72ClN9O15S4/c1-96-60-24-56(26-65(29-60)102-41-49-12-7-6-8-13-49)47-105-72-31-62(98-3)33-74-67(72)37-75(109-74)68-39-94-81(87-68)113-84(91-94)107-45-51-15-9-14-50(20-51)42-101-59-19-11-17-53(23-59)44-106-76-34-63(99-4)35-77-79(76)89-80(110-77)69-40-95-82(88-69)114-85(92-95)111-48-54-18-10-16-52(21-54)43-103-64-25-55(22-58(86)28-64)46-104-71-30-61(97-2)32-73-66(71)36-70(108-73)57-27-78-93(38-57)90-83(100-5)112-78/h6-10,12-18,20-27,29-40,58,84,91H,11,19,28,41-48H2,1-5H3. The SMILES string of the molecule is COc1cc(COc2cc(OC)cc3oc(-c4cn5c(n4)SC(OCc4cccc(COC6=CC(COc7cc(OC)cc8oc(-c9cn%10nc(SCc%11cccc(COC%12=CC(COc%13cc(OC)cc%14oc(-c%15cc%16sc(OC)nn%16c%15)cc%13%14)=CC(Cl)C%12)c%11)sc%10n9)nc78)=CCC6)c4)N5)cc23)cc(OCc2ccccc2)c1. The third-order valence-corrected chi connectivity index (χ3v) is 23.3. The van der Waals surface area contributed by atoms with Gasteiger partial charge in [0, 0.05) is 72.8 Å². The van der Waals surface area contributed by atoms with Gasteiger partial charge in [0.25, 0.3) is 5.19 Å². The number of ether oxygens (including phenoxy) is 12. The number of fused-ring (bicyclic) bond motifs is 6. The second-order valence-corrected chi connectivity index (χ2v) is 31.7. The lowest BCUT2D eigenvalue weighted by molar-refractivity contribution is 0.110. The zero-order valence-electron chi connectivity index (χ0n) is 62.1. The number of alkyl halides is 1. The number of thioether (sulfide) groups is 2. The van der Waals surface area contributed by atoms with Crippen LogP contribution >= 0.6 is 57.8 Å². The zero-order valence-corrected chi connectivity index (χ0v) is 66.1. The van der Waals surface area contributed by atoms with E-state index in [1.807, 2.05) is 157 Å². The molecule has 29 heteroatoms. The van der Waals surface area contributed by atoms with Crippen molar-refractivity contribution in [3.8, 4) is 85.6 Å². The van der Waals surface area contributed by atoms with E-state index in [2.05, 4.69) is 46.9 Å². The number of furan rings is 2. The number of allylic oxidation sites excluding steroid dienone is 4. The highest BCUT2D eigenvalue weighted by atomic mass is 35.5. The summed E-state index contributed by atoms with van der Waals surface area (Å²) in [6, 6.07) is 49.3. The molecule has 0 radical (unpaired) electrons. The zero-order chi connectivity index (χ0) is 77.2. The fraction of sp³-hybridized carbons (Fsp3) is 0.212. The monoisotopic (exact) mass is 1620 g/mol. The Bertz CT molecular complexity index is 6120. The molecule has 0 saturated carbocycles. The summed E-state index contributed by atoms with van der Waals surface area (Å²) in [5.74, 6) is 8.76. The lowest BCUT2D eigenvalue weighted by Gasteiger charge is -2.19. The van der Waals surface area contributed by atoms with E-state index in [1.54, 1.807) is 62.4 Å². The number of aromatic nitrogens is 8. The minimum Gasteiger partial charge on any atom is -0.497 e. The van der Waals surface area contributed by atoms with E-state index in [1.165, 1.54) is 34.4 Å². The van der Waals surface area contributed by atoms with Crippen LogP contribution < -0.4 is 48.1 Å². The third-order valence-electron chi connectivity index (χ3n) is 19.0. The average Bonchev–Trinajstić information content (AvgIpc) is 1.63. The lowest BCUT2D eigenvalue weighted by Crippen LogP contribution is -2.20. The van der Waals surface area contributed by atoms with Crippen LogP contribution in [0.4, 0.5) is 0 Å².